The average Bonchev–Trinajstić information content (AvgIpc) is 2.45. The van der Waals surface area contributed by atoms with Crippen LogP contribution in [0.25, 0.3) is 0 Å². The van der Waals surface area contributed by atoms with E-state index in [9.17, 15) is 9.65 Å². The SMILES string of the molecule is N#CC1(c2ccccc2)CC(Nc2ccccc2F)C1. The van der Waals surface area contributed by atoms with E-state index in [-0.39, 0.29) is 11.9 Å². The van der Waals surface area contributed by atoms with Gasteiger partial charge in [0, 0.05) is 6.04 Å². The maximum atomic E-state index is 13.6. The molecular formula is C17H15FN2. The Balaban J connectivity index is 1.72. The molecule has 0 heterocycles. The van der Waals surface area contributed by atoms with E-state index in [1.807, 2.05) is 30.3 Å². The number of rotatable bonds is 3. The molecule has 0 bridgehead atoms. The van der Waals surface area contributed by atoms with Gasteiger partial charge in [0.15, 0.2) is 0 Å². The minimum Gasteiger partial charge on any atom is -0.380 e. The maximum absolute atomic E-state index is 13.6. The summed E-state index contributed by atoms with van der Waals surface area (Å²) in [5, 5.41) is 12.7. The molecule has 0 saturated heterocycles. The average molecular weight is 266 g/mol. The summed E-state index contributed by atoms with van der Waals surface area (Å²) in [6.07, 6.45) is 1.42. The van der Waals surface area contributed by atoms with Crippen molar-refractivity contribution in [3.05, 3.63) is 66.0 Å². The van der Waals surface area contributed by atoms with Crippen molar-refractivity contribution in [3.63, 3.8) is 0 Å². The van der Waals surface area contributed by atoms with Gasteiger partial charge in [-0.25, -0.2) is 4.39 Å². The predicted molar refractivity (Wildman–Crippen MR) is 76.8 cm³/mol. The summed E-state index contributed by atoms with van der Waals surface area (Å²) < 4.78 is 13.6. The summed E-state index contributed by atoms with van der Waals surface area (Å²) in [7, 11) is 0. The van der Waals surface area contributed by atoms with Crippen LogP contribution in [0.3, 0.4) is 0 Å². The first kappa shape index (κ1) is 12.7. The molecule has 1 fully saturated rings. The number of hydrogen-bond acceptors (Lipinski definition) is 2. The van der Waals surface area contributed by atoms with Gasteiger partial charge in [0.2, 0.25) is 0 Å². The summed E-state index contributed by atoms with van der Waals surface area (Å²) in [6.45, 7) is 0. The van der Waals surface area contributed by atoms with E-state index in [2.05, 4.69) is 11.4 Å². The van der Waals surface area contributed by atoms with Crippen LogP contribution in [0.5, 0.6) is 0 Å². The Kier molecular flexibility index (Phi) is 3.15. The first-order chi connectivity index (χ1) is 9.73. The zero-order chi connectivity index (χ0) is 14.0. The van der Waals surface area contributed by atoms with Crippen LogP contribution in [-0.2, 0) is 5.41 Å². The molecule has 0 atom stereocenters. The van der Waals surface area contributed by atoms with E-state index < -0.39 is 5.41 Å². The van der Waals surface area contributed by atoms with Gasteiger partial charge in [-0.05, 0) is 30.5 Å². The highest BCUT2D eigenvalue weighted by molar-refractivity contribution is 5.48. The maximum Gasteiger partial charge on any atom is 0.146 e. The first-order valence-corrected chi connectivity index (χ1v) is 6.71. The molecule has 3 heteroatoms. The smallest absolute Gasteiger partial charge is 0.146 e. The van der Waals surface area contributed by atoms with Crippen molar-refractivity contribution in [2.75, 3.05) is 5.32 Å². The fraction of sp³-hybridized carbons (Fsp3) is 0.235. The molecule has 1 aliphatic carbocycles. The third-order valence-electron chi connectivity index (χ3n) is 3.96. The van der Waals surface area contributed by atoms with Crippen LogP contribution in [0.2, 0.25) is 0 Å². The standard InChI is InChI=1S/C17H15FN2/c18-15-8-4-5-9-16(15)20-14-10-17(11-14,12-19)13-6-2-1-3-7-13/h1-9,14,20H,10-11H2. The van der Waals surface area contributed by atoms with Crippen molar-refractivity contribution in [2.45, 2.75) is 24.3 Å². The van der Waals surface area contributed by atoms with Gasteiger partial charge in [-0.2, -0.15) is 5.26 Å². The van der Waals surface area contributed by atoms with E-state index in [0.29, 0.717) is 18.5 Å². The zero-order valence-electron chi connectivity index (χ0n) is 11.0. The Hall–Kier alpha value is -2.34. The van der Waals surface area contributed by atoms with Crippen LogP contribution in [0, 0.1) is 17.1 Å². The van der Waals surface area contributed by atoms with E-state index >= 15 is 0 Å². The molecule has 2 aromatic rings. The largest absolute Gasteiger partial charge is 0.380 e. The molecule has 0 aromatic heterocycles. The lowest BCUT2D eigenvalue weighted by molar-refractivity contribution is 0.289. The van der Waals surface area contributed by atoms with Crippen LogP contribution in [0.1, 0.15) is 18.4 Å². The van der Waals surface area contributed by atoms with Crippen molar-refractivity contribution in [1.82, 2.24) is 0 Å². The summed E-state index contributed by atoms with van der Waals surface area (Å²) in [5.74, 6) is -0.248. The van der Waals surface area contributed by atoms with Crippen LogP contribution in [-0.4, -0.2) is 6.04 Å². The number of halogens is 1. The molecule has 2 aromatic carbocycles. The lowest BCUT2D eigenvalue weighted by Gasteiger charge is -2.43. The normalized spacial score (nSPS) is 24.5. The number of benzene rings is 2. The van der Waals surface area contributed by atoms with Crippen molar-refractivity contribution in [1.29, 1.82) is 5.26 Å². The van der Waals surface area contributed by atoms with Crippen molar-refractivity contribution in [3.8, 4) is 6.07 Å². The van der Waals surface area contributed by atoms with Crippen LogP contribution >= 0.6 is 0 Å². The van der Waals surface area contributed by atoms with Crippen LogP contribution in [0.15, 0.2) is 54.6 Å². The predicted octanol–water partition coefficient (Wildman–Crippen LogP) is 3.86. The summed E-state index contributed by atoms with van der Waals surface area (Å²) in [4.78, 5) is 0. The van der Waals surface area contributed by atoms with Gasteiger partial charge in [0.1, 0.15) is 5.82 Å². The van der Waals surface area contributed by atoms with Crippen LogP contribution in [0.4, 0.5) is 10.1 Å². The minimum atomic E-state index is -0.426. The van der Waals surface area contributed by atoms with Gasteiger partial charge in [0.05, 0.1) is 17.2 Å². The fourth-order valence-electron chi connectivity index (χ4n) is 2.83. The molecular weight excluding hydrogens is 251 g/mol. The summed E-state index contributed by atoms with van der Waals surface area (Å²) >= 11 is 0. The number of nitrogens with zero attached hydrogens (tertiary/aromatic N) is 1. The molecule has 1 aliphatic rings. The second-order valence-corrected chi connectivity index (χ2v) is 5.29. The molecule has 0 aliphatic heterocycles. The number of nitrogens with one attached hydrogen (secondary N) is 1. The van der Waals surface area contributed by atoms with E-state index in [4.69, 9.17) is 0 Å². The molecule has 0 unspecified atom stereocenters. The molecule has 1 N–H and O–H groups in total. The quantitative estimate of drug-likeness (QED) is 0.915. The van der Waals surface area contributed by atoms with Gasteiger partial charge >= 0.3 is 0 Å². The molecule has 0 spiro atoms. The van der Waals surface area contributed by atoms with E-state index in [0.717, 1.165) is 5.56 Å². The molecule has 2 nitrogen and oxygen atoms in total. The van der Waals surface area contributed by atoms with Gasteiger partial charge in [-0.1, -0.05) is 42.5 Å². The Bertz CT molecular complexity index is 640. The van der Waals surface area contributed by atoms with E-state index in [1.54, 1.807) is 18.2 Å². The Morgan fingerprint density at radius 3 is 2.35 bits per heavy atom. The topological polar surface area (TPSA) is 35.8 Å². The van der Waals surface area contributed by atoms with Crippen molar-refractivity contribution < 1.29 is 4.39 Å². The molecule has 20 heavy (non-hydrogen) atoms. The Morgan fingerprint density at radius 1 is 1.05 bits per heavy atom. The lowest BCUT2D eigenvalue weighted by Crippen LogP contribution is -2.47. The van der Waals surface area contributed by atoms with Crippen molar-refractivity contribution >= 4 is 5.69 Å². The molecule has 0 radical (unpaired) electrons. The molecule has 1 saturated carbocycles. The number of hydrogen-bond donors (Lipinski definition) is 1. The third kappa shape index (κ3) is 2.14. The molecule has 0 amide bonds. The Morgan fingerprint density at radius 2 is 1.70 bits per heavy atom. The zero-order valence-corrected chi connectivity index (χ0v) is 11.0. The van der Waals surface area contributed by atoms with Gasteiger partial charge < -0.3 is 5.32 Å². The van der Waals surface area contributed by atoms with Gasteiger partial charge in [0.25, 0.3) is 0 Å². The van der Waals surface area contributed by atoms with Gasteiger partial charge in [-0.3, -0.25) is 0 Å². The highest BCUT2D eigenvalue weighted by Gasteiger charge is 2.46. The molecule has 100 valence electrons. The Labute approximate surface area is 117 Å². The second kappa shape index (κ2) is 4.97. The molecule has 3 rings (SSSR count). The fourth-order valence-corrected chi connectivity index (χ4v) is 2.83. The summed E-state index contributed by atoms with van der Waals surface area (Å²) in [6, 6.07) is 19.0. The summed E-state index contributed by atoms with van der Waals surface area (Å²) in [5.41, 5.74) is 1.13. The van der Waals surface area contributed by atoms with Crippen LogP contribution < -0.4 is 5.32 Å². The number of anilines is 1. The monoisotopic (exact) mass is 266 g/mol. The number of nitriles is 1. The third-order valence-corrected chi connectivity index (χ3v) is 3.96. The second-order valence-electron chi connectivity index (χ2n) is 5.29. The van der Waals surface area contributed by atoms with Gasteiger partial charge in [-0.15, -0.1) is 0 Å². The van der Waals surface area contributed by atoms with Crippen molar-refractivity contribution in [2.24, 2.45) is 0 Å². The first-order valence-electron chi connectivity index (χ1n) is 6.71. The lowest BCUT2D eigenvalue weighted by atomic mass is 9.62. The highest BCUT2D eigenvalue weighted by atomic mass is 19.1. The highest BCUT2D eigenvalue weighted by Crippen LogP contribution is 2.44. The minimum absolute atomic E-state index is 0.145. The van der Waals surface area contributed by atoms with E-state index in [1.165, 1.54) is 6.07 Å². The number of para-hydroxylation sites is 1.